The van der Waals surface area contributed by atoms with Crippen molar-refractivity contribution in [1.82, 2.24) is 0 Å². The van der Waals surface area contributed by atoms with Crippen molar-refractivity contribution in [2.75, 3.05) is 0 Å². The first-order valence-corrected chi connectivity index (χ1v) is 7.92. The molecule has 3 heteroatoms. The summed E-state index contributed by atoms with van der Waals surface area (Å²) in [6, 6.07) is 19.9. The summed E-state index contributed by atoms with van der Waals surface area (Å²) in [5.41, 5.74) is 0. The van der Waals surface area contributed by atoms with Gasteiger partial charge in [-0.1, -0.05) is 60.7 Å². The summed E-state index contributed by atoms with van der Waals surface area (Å²) in [7, 11) is -2.30. The lowest BCUT2D eigenvalue weighted by atomic mass is 10.4. The third-order valence-corrected chi connectivity index (χ3v) is 6.39. The van der Waals surface area contributed by atoms with Crippen LogP contribution in [0, 0.1) is 0 Å². The van der Waals surface area contributed by atoms with Crippen LogP contribution in [0.15, 0.2) is 65.3 Å². The molecule has 0 heterocycles. The van der Waals surface area contributed by atoms with Gasteiger partial charge in [-0.3, -0.25) is 0 Å². The Hall–Kier alpha value is -1.96. The van der Waals surface area contributed by atoms with Crippen LogP contribution < -0.4 is 10.4 Å². The maximum absolute atomic E-state index is 10.7. The Bertz CT molecular complexity index is 493. The molecule has 2 aromatic rings. The van der Waals surface area contributed by atoms with E-state index in [0.717, 1.165) is 10.4 Å². The summed E-state index contributed by atoms with van der Waals surface area (Å²) < 4.78 is 4.13. The Labute approximate surface area is 102 Å². The molecule has 0 aliphatic carbocycles. The molecule has 17 heavy (non-hydrogen) atoms. The molecule has 0 bridgehead atoms. The zero-order valence-corrected chi connectivity index (χ0v) is 10.6. The SMILES string of the molecule is C[Si](N=C=O)(c1ccccc1)c1ccccc1. The van der Waals surface area contributed by atoms with Gasteiger partial charge in [0.15, 0.2) is 0 Å². The van der Waals surface area contributed by atoms with Gasteiger partial charge in [0.05, 0.1) is 0 Å². The molecule has 0 aliphatic heterocycles. The molecule has 2 rings (SSSR count). The van der Waals surface area contributed by atoms with Crippen molar-refractivity contribution in [3.63, 3.8) is 0 Å². The lowest BCUT2D eigenvalue weighted by molar-refractivity contribution is 0.566. The van der Waals surface area contributed by atoms with E-state index in [1.54, 1.807) is 6.08 Å². The molecular formula is C14H13NOSi. The van der Waals surface area contributed by atoms with Crippen LogP contribution in [0.3, 0.4) is 0 Å². The molecule has 0 saturated carbocycles. The highest BCUT2D eigenvalue weighted by Gasteiger charge is 2.32. The second-order valence-electron chi connectivity index (χ2n) is 4.01. The minimum absolute atomic E-state index is 1.12. The van der Waals surface area contributed by atoms with E-state index in [-0.39, 0.29) is 0 Å². The van der Waals surface area contributed by atoms with Gasteiger partial charge >= 0.3 is 0 Å². The first-order chi connectivity index (χ1) is 8.27. The van der Waals surface area contributed by atoms with Gasteiger partial charge in [0, 0.05) is 0 Å². The van der Waals surface area contributed by atoms with Crippen LogP contribution >= 0.6 is 0 Å². The lowest BCUT2D eigenvalue weighted by Crippen LogP contribution is -2.54. The summed E-state index contributed by atoms with van der Waals surface area (Å²) in [6.45, 7) is 2.06. The van der Waals surface area contributed by atoms with Gasteiger partial charge < -0.3 is 0 Å². The quantitative estimate of drug-likeness (QED) is 0.455. The summed E-state index contributed by atoms with van der Waals surface area (Å²) in [5.74, 6) is 0. The largest absolute Gasteiger partial charge is 0.255 e. The standard InChI is InChI=1S/C14H13NOSi/c1-17(15-12-16,13-8-4-2-5-9-13)14-10-6-3-7-11-14/h2-11H,1H3. The fourth-order valence-electron chi connectivity index (χ4n) is 1.91. The molecule has 0 fully saturated rings. The first-order valence-electron chi connectivity index (χ1n) is 5.47. The van der Waals surface area contributed by atoms with E-state index in [2.05, 4.69) is 11.2 Å². The fourth-order valence-corrected chi connectivity index (χ4v) is 4.37. The van der Waals surface area contributed by atoms with E-state index in [0.29, 0.717) is 0 Å². The molecule has 0 saturated heterocycles. The van der Waals surface area contributed by atoms with Gasteiger partial charge in [0.1, 0.15) is 0 Å². The topological polar surface area (TPSA) is 29.4 Å². The highest BCUT2D eigenvalue weighted by Crippen LogP contribution is 2.06. The Morgan fingerprint density at radius 2 is 1.29 bits per heavy atom. The lowest BCUT2D eigenvalue weighted by Gasteiger charge is -2.21. The number of rotatable bonds is 3. The van der Waals surface area contributed by atoms with Crippen molar-refractivity contribution >= 4 is 24.7 Å². The number of hydrogen-bond acceptors (Lipinski definition) is 2. The predicted octanol–water partition coefficient (Wildman–Crippen LogP) is 1.71. The predicted molar refractivity (Wildman–Crippen MR) is 71.9 cm³/mol. The number of hydrogen-bond donors (Lipinski definition) is 0. The molecule has 0 aromatic heterocycles. The van der Waals surface area contributed by atoms with Crippen molar-refractivity contribution in [3.05, 3.63) is 60.7 Å². The van der Waals surface area contributed by atoms with E-state index in [4.69, 9.17) is 0 Å². The van der Waals surface area contributed by atoms with Crippen LogP contribution in [0.1, 0.15) is 0 Å². The summed E-state index contributed by atoms with van der Waals surface area (Å²) in [6.07, 6.45) is 1.74. The second kappa shape index (κ2) is 4.91. The molecular weight excluding hydrogens is 226 g/mol. The van der Waals surface area contributed by atoms with Crippen molar-refractivity contribution in [1.29, 1.82) is 0 Å². The Morgan fingerprint density at radius 3 is 1.65 bits per heavy atom. The van der Waals surface area contributed by atoms with Gasteiger partial charge in [0.2, 0.25) is 6.08 Å². The van der Waals surface area contributed by atoms with Crippen molar-refractivity contribution in [2.45, 2.75) is 6.55 Å². The van der Waals surface area contributed by atoms with Crippen LogP contribution in [0.25, 0.3) is 0 Å². The van der Waals surface area contributed by atoms with Crippen LogP contribution in [0.5, 0.6) is 0 Å². The molecule has 2 aromatic carbocycles. The molecule has 84 valence electrons. The van der Waals surface area contributed by atoms with Gasteiger partial charge in [-0.25, -0.2) is 9.45 Å². The highest BCUT2D eigenvalue weighted by molar-refractivity contribution is 7.00. The molecule has 0 N–H and O–H groups in total. The van der Waals surface area contributed by atoms with Crippen LogP contribution in [-0.2, 0) is 4.79 Å². The third-order valence-electron chi connectivity index (χ3n) is 2.94. The molecule has 2 nitrogen and oxygen atoms in total. The van der Waals surface area contributed by atoms with Gasteiger partial charge in [-0.05, 0) is 16.9 Å². The summed E-state index contributed by atoms with van der Waals surface area (Å²) in [4.78, 5) is 10.7. The molecule has 0 spiro atoms. The zero-order valence-electron chi connectivity index (χ0n) is 9.63. The van der Waals surface area contributed by atoms with E-state index in [1.165, 1.54) is 0 Å². The van der Waals surface area contributed by atoms with Crippen LogP contribution in [0.4, 0.5) is 0 Å². The zero-order chi connectivity index (χ0) is 12.1. The molecule has 0 aliphatic rings. The van der Waals surface area contributed by atoms with Crippen molar-refractivity contribution in [3.8, 4) is 0 Å². The van der Waals surface area contributed by atoms with Gasteiger partial charge in [-0.2, -0.15) is 0 Å². The van der Waals surface area contributed by atoms with Crippen molar-refractivity contribution < 1.29 is 4.79 Å². The molecule has 0 amide bonds. The fraction of sp³-hybridized carbons (Fsp3) is 0.0714. The monoisotopic (exact) mass is 239 g/mol. The van der Waals surface area contributed by atoms with Crippen LogP contribution in [-0.4, -0.2) is 14.3 Å². The maximum Gasteiger partial charge on any atom is 0.255 e. The van der Waals surface area contributed by atoms with E-state index in [1.807, 2.05) is 60.7 Å². The minimum Gasteiger partial charge on any atom is -0.236 e. The number of isocyanates is 1. The van der Waals surface area contributed by atoms with E-state index >= 15 is 0 Å². The van der Waals surface area contributed by atoms with Crippen molar-refractivity contribution in [2.24, 2.45) is 4.66 Å². The second-order valence-corrected chi connectivity index (χ2v) is 7.53. The van der Waals surface area contributed by atoms with E-state index < -0.39 is 8.24 Å². The average Bonchev–Trinajstić information content (AvgIpc) is 2.41. The molecule has 0 unspecified atom stereocenters. The molecule has 0 atom stereocenters. The third kappa shape index (κ3) is 2.25. The molecule has 0 radical (unpaired) electrons. The van der Waals surface area contributed by atoms with Gasteiger partial charge in [-0.15, -0.1) is 0 Å². The maximum atomic E-state index is 10.7. The summed E-state index contributed by atoms with van der Waals surface area (Å²) in [5, 5.41) is 2.24. The minimum atomic E-state index is -2.30. The number of benzene rings is 2. The van der Waals surface area contributed by atoms with Crippen LogP contribution in [0.2, 0.25) is 6.55 Å². The van der Waals surface area contributed by atoms with E-state index in [9.17, 15) is 4.79 Å². The first kappa shape index (κ1) is 11.5. The Kier molecular flexibility index (Phi) is 3.33. The number of nitrogens with zero attached hydrogens (tertiary/aromatic N) is 1. The normalized spacial score (nSPS) is 10.6. The highest BCUT2D eigenvalue weighted by atomic mass is 28.3. The number of carbonyl (C=O) groups excluding carboxylic acids is 1. The smallest absolute Gasteiger partial charge is 0.236 e. The van der Waals surface area contributed by atoms with Gasteiger partial charge in [0.25, 0.3) is 8.24 Å². The Morgan fingerprint density at radius 1 is 0.882 bits per heavy atom. The average molecular weight is 239 g/mol. The summed E-state index contributed by atoms with van der Waals surface area (Å²) >= 11 is 0. The Balaban J connectivity index is 2.59.